The molecule has 0 N–H and O–H groups in total. The van der Waals surface area contributed by atoms with Crippen molar-refractivity contribution in [3.63, 3.8) is 0 Å². The number of benzene rings is 1. The summed E-state index contributed by atoms with van der Waals surface area (Å²) in [5, 5.41) is 0. The number of ketones is 1. The van der Waals surface area contributed by atoms with E-state index >= 15 is 0 Å². The van der Waals surface area contributed by atoms with Crippen LogP contribution >= 0.6 is 0 Å². The Labute approximate surface area is 106 Å². The summed E-state index contributed by atoms with van der Waals surface area (Å²) in [5.41, 5.74) is 0.0974. The molecule has 0 atom stereocenters. The molecule has 0 unspecified atom stereocenters. The number of carbonyl (C=O) groups is 2. The number of aryl methyl sites for hydroxylation is 1. The van der Waals surface area contributed by atoms with Crippen molar-refractivity contribution in [2.24, 2.45) is 0 Å². The molecule has 96 valence electrons. The van der Waals surface area contributed by atoms with Gasteiger partial charge in [0.05, 0.1) is 5.54 Å². The number of rotatable bonds is 1. The quantitative estimate of drug-likeness (QED) is 0.766. The van der Waals surface area contributed by atoms with Gasteiger partial charge in [-0.3, -0.25) is 9.59 Å². The van der Waals surface area contributed by atoms with Crippen molar-refractivity contribution in [3.8, 4) is 0 Å². The number of halogens is 1. The van der Waals surface area contributed by atoms with Crippen LogP contribution < -0.4 is 0 Å². The molecule has 2 rings (SSSR count). The summed E-state index contributed by atoms with van der Waals surface area (Å²) in [6.07, 6.45) is 0.388. The second-order valence-electron chi connectivity index (χ2n) is 5.15. The minimum atomic E-state index is -0.765. The summed E-state index contributed by atoms with van der Waals surface area (Å²) in [6.45, 7) is 5.54. The Morgan fingerprint density at radius 3 is 2.56 bits per heavy atom. The fourth-order valence-corrected chi connectivity index (χ4v) is 2.24. The predicted molar refractivity (Wildman–Crippen MR) is 65.9 cm³/mol. The lowest BCUT2D eigenvalue weighted by Crippen LogP contribution is -2.46. The third kappa shape index (κ3) is 1.92. The van der Waals surface area contributed by atoms with Gasteiger partial charge in [-0.1, -0.05) is 0 Å². The lowest BCUT2D eigenvalue weighted by Gasteiger charge is -2.30. The minimum Gasteiger partial charge on any atom is -0.326 e. The standard InChI is InChI=1S/C14H16FNO2/c1-9-8-10(4-5-11(9)15)13(18)16-7-6-12(17)14(16,2)3/h4-5,8H,6-7H2,1-3H3. The molecule has 1 amide bonds. The van der Waals surface area contributed by atoms with E-state index in [4.69, 9.17) is 0 Å². The Kier molecular flexibility index (Phi) is 2.97. The SMILES string of the molecule is Cc1cc(C(=O)N2CCC(=O)C2(C)C)ccc1F. The van der Waals surface area contributed by atoms with E-state index in [1.54, 1.807) is 25.7 Å². The zero-order valence-electron chi connectivity index (χ0n) is 10.8. The van der Waals surface area contributed by atoms with Gasteiger partial charge in [0, 0.05) is 18.5 Å². The van der Waals surface area contributed by atoms with Gasteiger partial charge in [0.25, 0.3) is 5.91 Å². The average Bonchev–Trinajstić information content (AvgIpc) is 2.57. The molecule has 4 heteroatoms. The van der Waals surface area contributed by atoms with Crippen LogP contribution in [-0.2, 0) is 4.79 Å². The minimum absolute atomic E-state index is 0.0645. The Hall–Kier alpha value is -1.71. The third-order valence-corrected chi connectivity index (χ3v) is 3.57. The molecular weight excluding hydrogens is 233 g/mol. The molecule has 0 spiro atoms. The van der Waals surface area contributed by atoms with Crippen molar-refractivity contribution in [1.29, 1.82) is 0 Å². The molecule has 1 aliphatic heterocycles. The number of hydrogen-bond acceptors (Lipinski definition) is 2. The van der Waals surface area contributed by atoms with E-state index in [9.17, 15) is 14.0 Å². The van der Waals surface area contributed by atoms with Gasteiger partial charge in [0.2, 0.25) is 0 Å². The van der Waals surface area contributed by atoms with E-state index in [-0.39, 0.29) is 17.5 Å². The fourth-order valence-electron chi connectivity index (χ4n) is 2.24. The number of Topliss-reactive ketones (excluding diaryl/α,β-unsaturated/α-hetero) is 1. The van der Waals surface area contributed by atoms with Gasteiger partial charge in [-0.2, -0.15) is 0 Å². The summed E-state index contributed by atoms with van der Waals surface area (Å²) in [6, 6.07) is 4.27. The topological polar surface area (TPSA) is 37.4 Å². The molecule has 1 aromatic carbocycles. The molecule has 1 heterocycles. The van der Waals surface area contributed by atoms with Crippen LogP contribution in [0.2, 0.25) is 0 Å². The highest BCUT2D eigenvalue weighted by atomic mass is 19.1. The highest BCUT2D eigenvalue weighted by Gasteiger charge is 2.42. The van der Waals surface area contributed by atoms with Gasteiger partial charge in [-0.05, 0) is 44.5 Å². The van der Waals surface area contributed by atoms with Crippen LogP contribution in [0.3, 0.4) is 0 Å². The van der Waals surface area contributed by atoms with Gasteiger partial charge < -0.3 is 4.90 Å². The van der Waals surface area contributed by atoms with E-state index in [1.807, 2.05) is 0 Å². The Balaban J connectivity index is 2.32. The molecule has 0 radical (unpaired) electrons. The monoisotopic (exact) mass is 249 g/mol. The maximum atomic E-state index is 13.2. The van der Waals surface area contributed by atoms with E-state index in [0.717, 1.165) is 0 Å². The molecule has 1 fully saturated rings. The van der Waals surface area contributed by atoms with Gasteiger partial charge >= 0.3 is 0 Å². The first-order chi connectivity index (χ1) is 8.34. The molecule has 1 aliphatic rings. The molecular formula is C14H16FNO2. The lowest BCUT2D eigenvalue weighted by molar-refractivity contribution is -0.123. The maximum Gasteiger partial charge on any atom is 0.254 e. The van der Waals surface area contributed by atoms with Crippen molar-refractivity contribution in [2.45, 2.75) is 32.7 Å². The van der Waals surface area contributed by atoms with Gasteiger partial charge in [-0.25, -0.2) is 4.39 Å². The third-order valence-electron chi connectivity index (χ3n) is 3.57. The molecule has 0 saturated carbocycles. The Bertz CT molecular complexity index is 523. The molecule has 1 saturated heterocycles. The normalized spacial score (nSPS) is 18.2. The van der Waals surface area contributed by atoms with Crippen LogP contribution in [0.25, 0.3) is 0 Å². The summed E-state index contributed by atoms with van der Waals surface area (Å²) < 4.78 is 13.2. The predicted octanol–water partition coefficient (Wildman–Crippen LogP) is 2.33. The molecule has 3 nitrogen and oxygen atoms in total. The number of nitrogens with zero attached hydrogens (tertiary/aromatic N) is 1. The van der Waals surface area contributed by atoms with Crippen molar-refractivity contribution in [3.05, 3.63) is 35.1 Å². The van der Waals surface area contributed by atoms with Crippen LogP contribution in [0.5, 0.6) is 0 Å². The molecule has 0 aromatic heterocycles. The van der Waals surface area contributed by atoms with Crippen LogP contribution in [0.1, 0.15) is 36.2 Å². The smallest absolute Gasteiger partial charge is 0.254 e. The van der Waals surface area contributed by atoms with Crippen molar-refractivity contribution >= 4 is 11.7 Å². The Morgan fingerprint density at radius 1 is 1.39 bits per heavy atom. The van der Waals surface area contributed by atoms with E-state index in [2.05, 4.69) is 0 Å². The number of carbonyl (C=O) groups excluding carboxylic acids is 2. The second kappa shape index (κ2) is 4.19. The number of amides is 1. The van der Waals surface area contributed by atoms with Crippen molar-refractivity contribution in [1.82, 2.24) is 4.90 Å². The van der Waals surface area contributed by atoms with Crippen LogP contribution in [0.4, 0.5) is 4.39 Å². The summed E-state index contributed by atoms with van der Waals surface area (Å²) >= 11 is 0. The summed E-state index contributed by atoms with van der Waals surface area (Å²) in [4.78, 5) is 25.6. The van der Waals surface area contributed by atoms with E-state index in [1.165, 1.54) is 18.2 Å². The fraction of sp³-hybridized carbons (Fsp3) is 0.429. The van der Waals surface area contributed by atoms with Gasteiger partial charge in [0.1, 0.15) is 5.82 Å². The van der Waals surface area contributed by atoms with Crippen molar-refractivity contribution < 1.29 is 14.0 Å². The first-order valence-electron chi connectivity index (χ1n) is 5.95. The molecule has 1 aromatic rings. The molecule has 18 heavy (non-hydrogen) atoms. The zero-order chi connectivity index (χ0) is 13.5. The van der Waals surface area contributed by atoms with Crippen molar-refractivity contribution in [2.75, 3.05) is 6.54 Å². The zero-order valence-corrected chi connectivity index (χ0v) is 10.8. The number of hydrogen-bond donors (Lipinski definition) is 0. The second-order valence-corrected chi connectivity index (χ2v) is 5.15. The molecule has 0 aliphatic carbocycles. The van der Waals surface area contributed by atoms with Gasteiger partial charge in [-0.15, -0.1) is 0 Å². The van der Waals surface area contributed by atoms with Crippen LogP contribution in [0, 0.1) is 12.7 Å². The molecule has 0 bridgehead atoms. The van der Waals surface area contributed by atoms with Gasteiger partial charge in [0.15, 0.2) is 5.78 Å². The number of likely N-dealkylation sites (tertiary alicyclic amines) is 1. The first kappa shape index (κ1) is 12.7. The van der Waals surface area contributed by atoms with Crippen LogP contribution in [-0.4, -0.2) is 28.7 Å². The maximum absolute atomic E-state index is 13.2. The summed E-state index contributed by atoms with van der Waals surface area (Å²) in [5.74, 6) is -0.480. The summed E-state index contributed by atoms with van der Waals surface area (Å²) in [7, 11) is 0. The average molecular weight is 249 g/mol. The van der Waals surface area contributed by atoms with E-state index in [0.29, 0.717) is 24.1 Å². The largest absolute Gasteiger partial charge is 0.326 e. The Morgan fingerprint density at radius 2 is 2.06 bits per heavy atom. The first-order valence-corrected chi connectivity index (χ1v) is 5.95. The van der Waals surface area contributed by atoms with E-state index < -0.39 is 5.54 Å². The highest BCUT2D eigenvalue weighted by Crippen LogP contribution is 2.27. The lowest BCUT2D eigenvalue weighted by atomic mass is 9.99. The highest BCUT2D eigenvalue weighted by molar-refractivity contribution is 6.01. The van der Waals surface area contributed by atoms with Crippen LogP contribution in [0.15, 0.2) is 18.2 Å².